The van der Waals surface area contributed by atoms with Gasteiger partial charge in [-0.3, -0.25) is 14.8 Å². The van der Waals surface area contributed by atoms with Gasteiger partial charge in [-0.1, -0.05) is 6.07 Å². The Morgan fingerprint density at radius 2 is 2.15 bits per heavy atom. The molecule has 6 nitrogen and oxygen atoms in total. The van der Waals surface area contributed by atoms with Crippen LogP contribution in [0.15, 0.2) is 22.5 Å². The second-order valence-corrected chi connectivity index (χ2v) is 8.51. The van der Waals surface area contributed by atoms with Gasteiger partial charge in [0.25, 0.3) is 0 Å². The number of likely N-dealkylation sites (N-methyl/N-ethyl adjacent to an activating group) is 1. The molecule has 152 valence electrons. The minimum Gasteiger partial charge on any atom is -0.379 e. The molecule has 0 radical (unpaired) electrons. The quantitative estimate of drug-likeness (QED) is 0.497. The molecule has 2 atom stereocenters. The van der Waals surface area contributed by atoms with Crippen LogP contribution in [0.25, 0.3) is 0 Å². The minimum atomic E-state index is 0.365. The minimum absolute atomic E-state index is 0.365. The Balaban J connectivity index is 1.58. The van der Waals surface area contributed by atoms with E-state index in [4.69, 9.17) is 9.73 Å². The molecule has 1 aromatic heterocycles. The first-order valence-corrected chi connectivity index (χ1v) is 11.2. The van der Waals surface area contributed by atoms with Crippen LogP contribution in [0.2, 0.25) is 0 Å². The third kappa shape index (κ3) is 6.17. The number of hydrogen-bond acceptors (Lipinski definition) is 5. The van der Waals surface area contributed by atoms with Crippen LogP contribution in [0.1, 0.15) is 37.6 Å². The molecular formula is C20H35N5OS. The molecular weight excluding hydrogens is 358 g/mol. The summed E-state index contributed by atoms with van der Waals surface area (Å²) in [6.07, 6.45) is 2.68. The molecule has 0 bridgehead atoms. The first-order chi connectivity index (χ1) is 13.2. The highest BCUT2D eigenvalue weighted by molar-refractivity contribution is 7.10. The smallest absolute Gasteiger partial charge is 0.191 e. The second-order valence-electron chi connectivity index (χ2n) is 7.53. The molecule has 1 saturated carbocycles. The van der Waals surface area contributed by atoms with E-state index in [-0.39, 0.29) is 0 Å². The number of nitrogens with one attached hydrogen (secondary N) is 2. The molecule has 1 aromatic rings. The topological polar surface area (TPSA) is 52.1 Å². The van der Waals surface area contributed by atoms with Gasteiger partial charge in [-0.2, -0.15) is 0 Å². The van der Waals surface area contributed by atoms with Gasteiger partial charge in [-0.05, 0) is 45.2 Å². The first-order valence-electron chi connectivity index (χ1n) is 10.3. The summed E-state index contributed by atoms with van der Waals surface area (Å²) in [6.45, 7) is 10.6. The molecule has 2 fully saturated rings. The molecule has 2 N–H and O–H groups in total. The predicted octanol–water partition coefficient (Wildman–Crippen LogP) is 2.16. The maximum atomic E-state index is 5.54. The molecule has 3 rings (SSSR count). The number of guanidine groups is 1. The van der Waals surface area contributed by atoms with E-state index in [9.17, 15) is 0 Å². The Bertz CT molecular complexity index is 569. The molecule has 2 aliphatic rings. The zero-order valence-electron chi connectivity index (χ0n) is 17.0. The van der Waals surface area contributed by atoms with Crippen molar-refractivity contribution in [3.63, 3.8) is 0 Å². The third-order valence-corrected chi connectivity index (χ3v) is 6.47. The molecule has 1 aliphatic carbocycles. The Morgan fingerprint density at radius 1 is 1.37 bits per heavy atom. The lowest BCUT2D eigenvalue weighted by Crippen LogP contribution is -2.46. The highest BCUT2D eigenvalue weighted by Gasteiger charge is 2.29. The van der Waals surface area contributed by atoms with Crippen molar-refractivity contribution in [3.8, 4) is 0 Å². The molecule has 2 heterocycles. The van der Waals surface area contributed by atoms with Crippen LogP contribution in [0.4, 0.5) is 0 Å². The van der Waals surface area contributed by atoms with E-state index < -0.39 is 0 Å². The maximum absolute atomic E-state index is 5.54. The van der Waals surface area contributed by atoms with Gasteiger partial charge in [0.15, 0.2) is 5.96 Å². The van der Waals surface area contributed by atoms with Crippen LogP contribution in [-0.4, -0.2) is 80.8 Å². The molecule has 0 aromatic carbocycles. The molecule has 2 unspecified atom stereocenters. The van der Waals surface area contributed by atoms with Crippen LogP contribution < -0.4 is 10.6 Å². The van der Waals surface area contributed by atoms with Crippen LogP contribution in [-0.2, 0) is 4.74 Å². The van der Waals surface area contributed by atoms with Crippen molar-refractivity contribution in [1.82, 2.24) is 20.4 Å². The molecule has 0 spiro atoms. The fourth-order valence-corrected chi connectivity index (χ4v) is 4.37. The third-order valence-electron chi connectivity index (χ3n) is 5.50. The van der Waals surface area contributed by atoms with Crippen molar-refractivity contribution in [2.24, 2.45) is 4.99 Å². The summed E-state index contributed by atoms with van der Waals surface area (Å²) in [5.41, 5.74) is 0. The standard InChI is InChI=1S/C20H35N5OS/c1-4-21-20(22-14-16(2)24(3)17-7-8-17)23-15-18(19-6-5-13-27-19)25-9-11-26-12-10-25/h5-6,13,16-18H,4,7-12,14-15H2,1-3H3,(H2,21,22,23). The highest BCUT2D eigenvalue weighted by atomic mass is 32.1. The predicted molar refractivity (Wildman–Crippen MR) is 114 cm³/mol. The Morgan fingerprint density at radius 3 is 2.78 bits per heavy atom. The fraction of sp³-hybridized carbons (Fsp3) is 0.750. The summed E-state index contributed by atoms with van der Waals surface area (Å²) in [7, 11) is 2.23. The summed E-state index contributed by atoms with van der Waals surface area (Å²) < 4.78 is 5.54. The van der Waals surface area contributed by atoms with E-state index >= 15 is 0 Å². The van der Waals surface area contributed by atoms with Gasteiger partial charge < -0.3 is 15.4 Å². The number of hydrogen-bond donors (Lipinski definition) is 2. The number of thiophene rings is 1. The molecule has 1 saturated heterocycles. The van der Waals surface area contributed by atoms with Crippen molar-refractivity contribution in [2.75, 3.05) is 53.0 Å². The Hall–Kier alpha value is -1.15. The van der Waals surface area contributed by atoms with Gasteiger partial charge in [0.1, 0.15) is 0 Å². The SMILES string of the molecule is CCNC(=NCC(C)N(C)C1CC1)NCC(c1cccs1)N1CCOCC1. The number of morpholine rings is 1. The molecule has 7 heteroatoms. The van der Waals surface area contributed by atoms with E-state index in [1.807, 2.05) is 11.3 Å². The normalized spacial score (nSPS) is 21.3. The van der Waals surface area contributed by atoms with Gasteiger partial charge in [0.2, 0.25) is 0 Å². The largest absolute Gasteiger partial charge is 0.379 e. The average molecular weight is 394 g/mol. The van der Waals surface area contributed by atoms with Gasteiger partial charge in [0, 0.05) is 43.1 Å². The van der Waals surface area contributed by atoms with Crippen molar-refractivity contribution in [1.29, 1.82) is 0 Å². The van der Waals surface area contributed by atoms with Crippen molar-refractivity contribution in [3.05, 3.63) is 22.4 Å². The van der Waals surface area contributed by atoms with Crippen LogP contribution in [0, 0.1) is 0 Å². The van der Waals surface area contributed by atoms with Crippen LogP contribution >= 0.6 is 11.3 Å². The Labute approximate surface area is 168 Å². The van der Waals surface area contributed by atoms with Gasteiger partial charge in [-0.25, -0.2) is 0 Å². The van der Waals surface area contributed by atoms with E-state index in [0.717, 1.165) is 57.9 Å². The Kier molecular flexibility index (Phi) is 7.93. The van der Waals surface area contributed by atoms with E-state index in [2.05, 4.69) is 58.8 Å². The van der Waals surface area contributed by atoms with Crippen LogP contribution in [0.3, 0.4) is 0 Å². The first kappa shape index (κ1) is 20.6. The highest BCUT2D eigenvalue weighted by Crippen LogP contribution is 2.27. The molecule has 1 aliphatic heterocycles. The monoisotopic (exact) mass is 393 g/mol. The summed E-state index contributed by atoms with van der Waals surface area (Å²) in [5.74, 6) is 0.920. The van der Waals surface area contributed by atoms with E-state index in [1.54, 1.807) is 0 Å². The average Bonchev–Trinajstić information content (AvgIpc) is 3.41. The summed E-state index contributed by atoms with van der Waals surface area (Å²) in [4.78, 5) is 11.3. The number of rotatable bonds is 9. The lowest BCUT2D eigenvalue weighted by Gasteiger charge is -2.34. The lowest BCUT2D eigenvalue weighted by atomic mass is 10.2. The van der Waals surface area contributed by atoms with Gasteiger partial charge in [-0.15, -0.1) is 11.3 Å². The summed E-state index contributed by atoms with van der Waals surface area (Å²) in [5, 5.41) is 9.16. The van der Waals surface area contributed by atoms with Crippen molar-refractivity contribution >= 4 is 17.3 Å². The van der Waals surface area contributed by atoms with E-state index in [0.29, 0.717) is 12.1 Å². The summed E-state index contributed by atoms with van der Waals surface area (Å²) in [6, 6.07) is 5.99. The molecule has 0 amide bonds. The van der Waals surface area contributed by atoms with Gasteiger partial charge >= 0.3 is 0 Å². The maximum Gasteiger partial charge on any atom is 0.191 e. The number of ether oxygens (including phenoxy) is 1. The van der Waals surface area contributed by atoms with Crippen molar-refractivity contribution in [2.45, 2.75) is 44.8 Å². The van der Waals surface area contributed by atoms with Crippen molar-refractivity contribution < 1.29 is 4.74 Å². The second kappa shape index (κ2) is 10.4. The number of aliphatic imine (C=N–C) groups is 1. The van der Waals surface area contributed by atoms with E-state index in [1.165, 1.54) is 17.7 Å². The fourth-order valence-electron chi connectivity index (χ4n) is 3.51. The number of nitrogens with zero attached hydrogens (tertiary/aromatic N) is 3. The summed E-state index contributed by atoms with van der Waals surface area (Å²) >= 11 is 1.83. The van der Waals surface area contributed by atoms with Crippen LogP contribution in [0.5, 0.6) is 0 Å². The zero-order chi connectivity index (χ0) is 19.1. The zero-order valence-corrected chi connectivity index (χ0v) is 17.8. The lowest BCUT2D eigenvalue weighted by molar-refractivity contribution is 0.0177. The molecule has 27 heavy (non-hydrogen) atoms. The van der Waals surface area contributed by atoms with Gasteiger partial charge in [0.05, 0.1) is 25.8 Å².